The summed E-state index contributed by atoms with van der Waals surface area (Å²) in [6.07, 6.45) is 6.93. The molecule has 7 nitrogen and oxygen atoms in total. The highest BCUT2D eigenvalue weighted by atomic mass is 32.2. The number of unbranched alkanes of at least 4 members (excludes halogenated alkanes) is 2. The number of nitriles is 1. The third kappa shape index (κ3) is 4.47. The number of pyridine rings is 1. The van der Waals surface area contributed by atoms with Crippen LogP contribution in [0.2, 0.25) is 0 Å². The number of aromatic nitrogens is 3. The average Bonchev–Trinajstić information content (AvgIpc) is 3.29. The van der Waals surface area contributed by atoms with Crippen LogP contribution in [0.4, 0.5) is 5.69 Å². The number of sulfonamides is 1. The molecule has 1 N–H and O–H groups in total. The minimum Gasteiger partial charge on any atom is -0.276 e. The molecule has 0 aromatic carbocycles. The molecule has 0 unspecified atom stereocenters. The maximum absolute atomic E-state index is 12.6. The summed E-state index contributed by atoms with van der Waals surface area (Å²) in [6.45, 7) is 0.645. The zero-order valence-corrected chi connectivity index (χ0v) is 15.5. The summed E-state index contributed by atoms with van der Waals surface area (Å²) in [4.78, 5) is 5.03. The predicted octanol–water partition coefficient (Wildman–Crippen LogP) is 3.50. The summed E-state index contributed by atoms with van der Waals surface area (Å²) in [6, 6.07) is 10.9. The van der Waals surface area contributed by atoms with Crippen molar-refractivity contribution in [1.29, 1.82) is 5.26 Å². The van der Waals surface area contributed by atoms with Crippen LogP contribution in [-0.4, -0.2) is 23.2 Å². The lowest BCUT2D eigenvalue weighted by molar-refractivity contribution is 0.562. The van der Waals surface area contributed by atoms with E-state index in [9.17, 15) is 8.42 Å². The van der Waals surface area contributed by atoms with Crippen molar-refractivity contribution in [2.45, 2.75) is 30.0 Å². The zero-order chi connectivity index (χ0) is 18.4. The third-order valence-electron chi connectivity index (χ3n) is 3.57. The molecule has 26 heavy (non-hydrogen) atoms. The van der Waals surface area contributed by atoms with Gasteiger partial charge in [-0.3, -0.25) is 14.4 Å². The number of aryl methyl sites for hydroxylation is 1. The monoisotopic (exact) mass is 387 g/mol. The summed E-state index contributed by atoms with van der Waals surface area (Å²) in [5, 5.41) is 12.7. The van der Waals surface area contributed by atoms with Crippen LogP contribution in [0.3, 0.4) is 0 Å². The second-order valence-corrected chi connectivity index (χ2v) is 8.54. The normalized spacial score (nSPS) is 11.2. The van der Waals surface area contributed by atoms with Gasteiger partial charge < -0.3 is 0 Å². The quantitative estimate of drug-likeness (QED) is 0.596. The van der Waals surface area contributed by atoms with Crippen LogP contribution >= 0.6 is 11.3 Å². The van der Waals surface area contributed by atoms with Gasteiger partial charge in [-0.2, -0.15) is 10.4 Å². The fourth-order valence-electron chi connectivity index (χ4n) is 2.33. The molecular formula is C17H17N5O2S2. The summed E-state index contributed by atoms with van der Waals surface area (Å²) in [7, 11) is -3.67. The lowest BCUT2D eigenvalue weighted by Gasteiger charge is -2.03. The Labute approximate surface area is 156 Å². The van der Waals surface area contributed by atoms with E-state index in [0.717, 1.165) is 23.4 Å². The smallest absolute Gasteiger partial charge is 0.271 e. The Morgan fingerprint density at radius 3 is 2.88 bits per heavy atom. The molecule has 0 radical (unpaired) electrons. The van der Waals surface area contributed by atoms with Crippen molar-refractivity contribution in [3.8, 4) is 16.6 Å². The Hall–Kier alpha value is -2.70. The van der Waals surface area contributed by atoms with Gasteiger partial charge in [0.25, 0.3) is 10.0 Å². The number of nitrogens with one attached hydrogen (secondary N) is 1. The number of anilines is 1. The predicted molar refractivity (Wildman–Crippen MR) is 100 cm³/mol. The first kappa shape index (κ1) is 18.1. The lowest BCUT2D eigenvalue weighted by atomic mass is 10.2. The Bertz CT molecular complexity index is 1000. The Morgan fingerprint density at radius 2 is 2.12 bits per heavy atom. The van der Waals surface area contributed by atoms with Gasteiger partial charge in [-0.1, -0.05) is 6.07 Å². The molecule has 0 aliphatic carbocycles. The molecule has 0 aliphatic rings. The second-order valence-electron chi connectivity index (χ2n) is 5.55. The summed E-state index contributed by atoms with van der Waals surface area (Å²) in [5.74, 6) is 0. The minimum atomic E-state index is -3.67. The third-order valence-corrected chi connectivity index (χ3v) is 6.56. The van der Waals surface area contributed by atoms with Crippen LogP contribution < -0.4 is 4.72 Å². The number of thiophene rings is 1. The van der Waals surface area contributed by atoms with Crippen LogP contribution in [0.5, 0.6) is 0 Å². The highest BCUT2D eigenvalue weighted by Crippen LogP contribution is 2.30. The highest BCUT2D eigenvalue weighted by molar-refractivity contribution is 7.94. The van der Waals surface area contributed by atoms with Crippen LogP contribution in [0.25, 0.3) is 10.6 Å². The van der Waals surface area contributed by atoms with Gasteiger partial charge in [-0.15, -0.1) is 11.3 Å². The maximum Gasteiger partial charge on any atom is 0.271 e. The van der Waals surface area contributed by atoms with Crippen molar-refractivity contribution in [3.63, 3.8) is 0 Å². The molecule has 3 heterocycles. The molecule has 0 amide bonds. The second kappa shape index (κ2) is 8.12. The van der Waals surface area contributed by atoms with Crippen molar-refractivity contribution in [1.82, 2.24) is 14.8 Å². The van der Waals surface area contributed by atoms with Crippen LogP contribution in [0.1, 0.15) is 19.3 Å². The Kier molecular flexibility index (Phi) is 5.65. The van der Waals surface area contributed by atoms with Gasteiger partial charge in [0, 0.05) is 25.4 Å². The lowest BCUT2D eigenvalue weighted by Crippen LogP contribution is -2.10. The molecule has 0 atom stereocenters. The van der Waals surface area contributed by atoms with E-state index in [4.69, 9.17) is 5.26 Å². The van der Waals surface area contributed by atoms with Crippen molar-refractivity contribution >= 4 is 27.0 Å². The van der Waals surface area contributed by atoms with Crippen molar-refractivity contribution in [2.75, 3.05) is 4.72 Å². The molecule has 0 spiro atoms. The van der Waals surface area contributed by atoms with Gasteiger partial charge in [0.15, 0.2) is 0 Å². The summed E-state index contributed by atoms with van der Waals surface area (Å²) in [5.41, 5.74) is 1.15. The number of hydrogen-bond donors (Lipinski definition) is 1. The van der Waals surface area contributed by atoms with Gasteiger partial charge in [-0.25, -0.2) is 8.42 Å². The average molecular weight is 387 g/mol. The molecule has 0 saturated carbocycles. The summed E-state index contributed by atoms with van der Waals surface area (Å²) < 4.78 is 29.6. The Balaban J connectivity index is 1.67. The fraction of sp³-hybridized carbons (Fsp3) is 0.235. The molecule has 0 bridgehead atoms. The van der Waals surface area contributed by atoms with E-state index >= 15 is 0 Å². The van der Waals surface area contributed by atoms with Gasteiger partial charge in [0.2, 0.25) is 0 Å². The molecular weight excluding hydrogens is 370 g/mol. The van der Waals surface area contributed by atoms with Gasteiger partial charge in [0.05, 0.1) is 28.5 Å². The van der Waals surface area contributed by atoms with Crippen LogP contribution in [0, 0.1) is 11.3 Å². The first-order valence-electron chi connectivity index (χ1n) is 8.02. The number of rotatable bonds is 8. The van der Waals surface area contributed by atoms with Crippen molar-refractivity contribution in [3.05, 3.63) is 48.9 Å². The first-order valence-corrected chi connectivity index (χ1v) is 10.3. The number of nitrogens with zero attached hydrogens (tertiary/aromatic N) is 4. The van der Waals surface area contributed by atoms with E-state index in [1.165, 1.54) is 17.5 Å². The van der Waals surface area contributed by atoms with Gasteiger partial charge in [-0.05, 0) is 37.1 Å². The fourth-order valence-corrected chi connectivity index (χ4v) is 4.64. The maximum atomic E-state index is 12.6. The van der Waals surface area contributed by atoms with E-state index in [1.54, 1.807) is 29.2 Å². The van der Waals surface area contributed by atoms with Crippen molar-refractivity contribution in [2.24, 2.45) is 0 Å². The largest absolute Gasteiger partial charge is 0.276 e. The van der Waals surface area contributed by atoms with Crippen LogP contribution in [0.15, 0.2) is 53.1 Å². The molecule has 3 aromatic heterocycles. The van der Waals surface area contributed by atoms with Gasteiger partial charge in [0.1, 0.15) is 4.21 Å². The molecule has 134 valence electrons. The highest BCUT2D eigenvalue weighted by Gasteiger charge is 2.18. The summed E-state index contributed by atoms with van der Waals surface area (Å²) >= 11 is 1.17. The van der Waals surface area contributed by atoms with E-state index in [1.807, 2.05) is 18.2 Å². The SMILES string of the molecule is N#CCCCCn1cc(NS(=O)(=O)c2ccc(-c3ccccn3)s2)cn1. The van der Waals surface area contributed by atoms with E-state index in [2.05, 4.69) is 20.9 Å². The molecule has 9 heteroatoms. The van der Waals surface area contributed by atoms with Crippen LogP contribution in [-0.2, 0) is 16.6 Å². The van der Waals surface area contributed by atoms with Gasteiger partial charge >= 0.3 is 0 Å². The molecule has 0 fully saturated rings. The van der Waals surface area contributed by atoms with E-state index < -0.39 is 10.0 Å². The minimum absolute atomic E-state index is 0.222. The molecule has 0 aliphatic heterocycles. The zero-order valence-electron chi connectivity index (χ0n) is 13.9. The Morgan fingerprint density at radius 1 is 1.23 bits per heavy atom. The topological polar surface area (TPSA) is 101 Å². The molecule has 3 aromatic rings. The molecule has 0 saturated heterocycles. The molecule has 3 rings (SSSR count). The van der Waals surface area contributed by atoms with E-state index in [-0.39, 0.29) is 4.21 Å². The standard InChI is InChI=1S/C17H17N5O2S2/c18-9-3-1-5-11-22-13-14(12-20-22)21-26(23,24)17-8-7-16(25-17)15-6-2-4-10-19-15/h2,4,6-8,10,12-13,21H,1,3,5,11H2. The van der Waals surface area contributed by atoms with E-state index in [0.29, 0.717) is 18.7 Å². The first-order chi connectivity index (χ1) is 12.6. The van der Waals surface area contributed by atoms with Crippen molar-refractivity contribution < 1.29 is 8.42 Å². The number of hydrogen-bond acceptors (Lipinski definition) is 6.